The highest BCUT2D eigenvalue weighted by atomic mass is 35.5. The minimum Gasteiger partial charge on any atom is -0.384 e. The van der Waals surface area contributed by atoms with Gasteiger partial charge in [0.05, 0.1) is 10.0 Å². The van der Waals surface area contributed by atoms with Gasteiger partial charge in [-0.15, -0.1) is 0 Å². The maximum atomic E-state index is 10.4. The molecule has 0 spiro atoms. The summed E-state index contributed by atoms with van der Waals surface area (Å²) in [5, 5.41) is 11.4. The molecule has 0 aliphatic carbocycles. The molecule has 1 nitrogen and oxygen atoms in total. The summed E-state index contributed by atoms with van der Waals surface area (Å²) < 4.78 is 0. The van der Waals surface area contributed by atoms with E-state index in [0.717, 1.165) is 22.3 Å². The highest BCUT2D eigenvalue weighted by Crippen LogP contribution is 2.30. The van der Waals surface area contributed by atoms with Crippen LogP contribution in [0.2, 0.25) is 10.0 Å². The second-order valence-electron chi connectivity index (χ2n) is 4.44. The fourth-order valence-electron chi connectivity index (χ4n) is 1.92. The molecule has 1 N–H and O–H groups in total. The first-order valence-corrected chi connectivity index (χ1v) is 6.45. The third-order valence-electron chi connectivity index (χ3n) is 2.99. The lowest BCUT2D eigenvalue weighted by molar-refractivity contribution is 0.219. The van der Waals surface area contributed by atoms with Gasteiger partial charge in [-0.1, -0.05) is 53.0 Å². The van der Waals surface area contributed by atoms with Crippen molar-refractivity contribution in [2.75, 3.05) is 0 Å². The Kier molecular flexibility index (Phi) is 3.96. The van der Waals surface area contributed by atoms with Crippen molar-refractivity contribution in [1.29, 1.82) is 0 Å². The normalized spacial score (nSPS) is 12.5. The quantitative estimate of drug-likeness (QED) is 0.846. The molecule has 0 saturated carbocycles. The largest absolute Gasteiger partial charge is 0.384 e. The van der Waals surface area contributed by atoms with Crippen LogP contribution in [0.1, 0.15) is 28.4 Å². The Morgan fingerprint density at radius 1 is 0.944 bits per heavy atom. The molecule has 0 aromatic heterocycles. The Balaban J connectivity index is 2.44. The first kappa shape index (κ1) is 13.4. The summed E-state index contributed by atoms with van der Waals surface area (Å²) >= 11 is 11.8. The van der Waals surface area contributed by atoms with E-state index in [2.05, 4.69) is 0 Å². The lowest BCUT2D eigenvalue weighted by Gasteiger charge is -2.15. The number of rotatable bonds is 2. The molecule has 2 aromatic rings. The minimum atomic E-state index is -0.681. The number of hydrogen-bond donors (Lipinski definition) is 1. The summed E-state index contributed by atoms with van der Waals surface area (Å²) in [7, 11) is 0. The SMILES string of the molecule is Cc1ccc(C)c([C@@H](O)c2ccc(Cl)c(Cl)c2)c1. The smallest absolute Gasteiger partial charge is 0.104 e. The Morgan fingerprint density at radius 2 is 1.67 bits per heavy atom. The van der Waals surface area contributed by atoms with Crippen LogP contribution in [-0.4, -0.2) is 5.11 Å². The van der Waals surface area contributed by atoms with Gasteiger partial charge in [-0.3, -0.25) is 0 Å². The molecule has 0 amide bonds. The lowest BCUT2D eigenvalue weighted by Crippen LogP contribution is -2.02. The fraction of sp³-hybridized carbons (Fsp3) is 0.200. The van der Waals surface area contributed by atoms with E-state index in [1.807, 2.05) is 32.0 Å². The van der Waals surface area contributed by atoms with Crippen LogP contribution in [0.15, 0.2) is 36.4 Å². The molecule has 0 radical (unpaired) electrons. The van der Waals surface area contributed by atoms with Gasteiger partial charge in [0.2, 0.25) is 0 Å². The molecule has 2 aromatic carbocycles. The number of aliphatic hydroxyl groups excluding tert-OH is 1. The van der Waals surface area contributed by atoms with Crippen molar-refractivity contribution in [2.45, 2.75) is 20.0 Å². The van der Waals surface area contributed by atoms with Gasteiger partial charge in [0.25, 0.3) is 0 Å². The summed E-state index contributed by atoms with van der Waals surface area (Å²) in [6.07, 6.45) is -0.681. The minimum absolute atomic E-state index is 0.457. The predicted octanol–water partition coefficient (Wildman–Crippen LogP) is 4.69. The third kappa shape index (κ3) is 2.69. The van der Waals surface area contributed by atoms with Gasteiger partial charge in [-0.05, 0) is 42.7 Å². The highest BCUT2D eigenvalue weighted by Gasteiger charge is 2.14. The van der Waals surface area contributed by atoms with Crippen molar-refractivity contribution < 1.29 is 5.11 Å². The monoisotopic (exact) mass is 280 g/mol. The maximum absolute atomic E-state index is 10.4. The van der Waals surface area contributed by atoms with Crippen LogP contribution in [0.5, 0.6) is 0 Å². The van der Waals surface area contributed by atoms with Crippen molar-refractivity contribution in [3.05, 3.63) is 68.7 Å². The van der Waals surface area contributed by atoms with Gasteiger partial charge in [-0.25, -0.2) is 0 Å². The van der Waals surface area contributed by atoms with Crippen LogP contribution in [0.4, 0.5) is 0 Å². The molecule has 3 heteroatoms. The second-order valence-corrected chi connectivity index (χ2v) is 5.25. The molecular formula is C15H14Cl2O. The van der Waals surface area contributed by atoms with Gasteiger partial charge in [0, 0.05) is 0 Å². The average molecular weight is 281 g/mol. The Labute approximate surface area is 117 Å². The second kappa shape index (κ2) is 5.31. The van der Waals surface area contributed by atoms with Crippen LogP contribution in [0.25, 0.3) is 0 Å². The molecule has 0 saturated heterocycles. The summed E-state index contributed by atoms with van der Waals surface area (Å²) in [5.41, 5.74) is 3.82. The maximum Gasteiger partial charge on any atom is 0.104 e. The first-order valence-electron chi connectivity index (χ1n) is 5.69. The molecule has 1 atom stereocenters. The lowest BCUT2D eigenvalue weighted by atomic mass is 9.96. The van der Waals surface area contributed by atoms with E-state index in [1.54, 1.807) is 18.2 Å². The number of aliphatic hydroxyl groups is 1. The Bertz CT molecular complexity index is 579. The molecule has 18 heavy (non-hydrogen) atoms. The Morgan fingerprint density at radius 3 is 2.33 bits per heavy atom. The van der Waals surface area contributed by atoms with E-state index in [4.69, 9.17) is 23.2 Å². The Hall–Kier alpha value is -1.02. The molecule has 0 aliphatic heterocycles. The van der Waals surface area contributed by atoms with E-state index in [9.17, 15) is 5.11 Å². The highest BCUT2D eigenvalue weighted by molar-refractivity contribution is 6.42. The van der Waals surface area contributed by atoms with Crippen molar-refractivity contribution in [2.24, 2.45) is 0 Å². The summed E-state index contributed by atoms with van der Waals surface area (Å²) in [6, 6.07) is 11.2. The predicted molar refractivity (Wildman–Crippen MR) is 76.4 cm³/mol. The van der Waals surface area contributed by atoms with Gasteiger partial charge in [0.1, 0.15) is 6.10 Å². The van der Waals surface area contributed by atoms with Crippen molar-refractivity contribution in [3.63, 3.8) is 0 Å². The van der Waals surface area contributed by atoms with Crippen LogP contribution in [0.3, 0.4) is 0 Å². The van der Waals surface area contributed by atoms with Gasteiger partial charge in [-0.2, -0.15) is 0 Å². The van der Waals surface area contributed by atoms with Crippen LogP contribution in [0, 0.1) is 13.8 Å². The van der Waals surface area contributed by atoms with Crippen molar-refractivity contribution in [3.8, 4) is 0 Å². The van der Waals surface area contributed by atoms with Crippen LogP contribution in [-0.2, 0) is 0 Å². The molecular weight excluding hydrogens is 267 g/mol. The average Bonchev–Trinajstić information content (AvgIpc) is 2.35. The van der Waals surface area contributed by atoms with E-state index in [1.165, 1.54) is 0 Å². The standard InChI is InChI=1S/C15H14Cl2O/c1-9-3-4-10(2)12(7-9)15(18)11-5-6-13(16)14(17)8-11/h3-8,15,18H,1-2H3/t15-/m0/s1. The van der Waals surface area contributed by atoms with Gasteiger partial charge >= 0.3 is 0 Å². The van der Waals surface area contributed by atoms with E-state index in [-0.39, 0.29) is 0 Å². The van der Waals surface area contributed by atoms with Crippen molar-refractivity contribution in [1.82, 2.24) is 0 Å². The van der Waals surface area contributed by atoms with Gasteiger partial charge in [0.15, 0.2) is 0 Å². The molecule has 2 rings (SSSR count). The van der Waals surface area contributed by atoms with Crippen molar-refractivity contribution >= 4 is 23.2 Å². The molecule has 0 fully saturated rings. The van der Waals surface area contributed by atoms with Gasteiger partial charge < -0.3 is 5.11 Å². The summed E-state index contributed by atoms with van der Waals surface area (Å²) in [4.78, 5) is 0. The van der Waals surface area contributed by atoms with E-state index >= 15 is 0 Å². The fourth-order valence-corrected chi connectivity index (χ4v) is 2.22. The molecule has 0 heterocycles. The zero-order valence-electron chi connectivity index (χ0n) is 10.2. The molecule has 0 bridgehead atoms. The van der Waals surface area contributed by atoms with Crippen LogP contribution >= 0.6 is 23.2 Å². The first-order chi connectivity index (χ1) is 8.49. The summed E-state index contributed by atoms with van der Waals surface area (Å²) in [5.74, 6) is 0. The zero-order chi connectivity index (χ0) is 13.3. The number of benzene rings is 2. The van der Waals surface area contributed by atoms with E-state index in [0.29, 0.717) is 10.0 Å². The molecule has 0 aliphatic rings. The third-order valence-corrected chi connectivity index (χ3v) is 3.73. The number of aryl methyl sites for hydroxylation is 2. The number of hydrogen-bond acceptors (Lipinski definition) is 1. The summed E-state index contributed by atoms with van der Waals surface area (Å²) in [6.45, 7) is 3.99. The number of halogens is 2. The van der Waals surface area contributed by atoms with E-state index < -0.39 is 6.10 Å². The molecule has 0 unspecified atom stereocenters. The zero-order valence-corrected chi connectivity index (χ0v) is 11.8. The topological polar surface area (TPSA) is 20.2 Å². The van der Waals surface area contributed by atoms with Crippen LogP contribution < -0.4 is 0 Å². The molecule has 94 valence electrons.